The van der Waals surface area contributed by atoms with E-state index in [1.165, 1.54) is 130 Å². The highest BCUT2D eigenvalue weighted by atomic mass is 15.3. The first kappa shape index (κ1) is 53.6. The van der Waals surface area contributed by atoms with Crippen LogP contribution in [0.4, 0.5) is 45.5 Å². The molecule has 0 radical (unpaired) electrons. The first-order valence-electron chi connectivity index (χ1n) is 30.7. The predicted octanol–water partition coefficient (Wildman–Crippen LogP) is 19.5. The van der Waals surface area contributed by atoms with Crippen molar-refractivity contribution in [3.8, 4) is 44.5 Å². The van der Waals surface area contributed by atoms with Crippen LogP contribution in [0.3, 0.4) is 0 Å². The van der Waals surface area contributed by atoms with E-state index in [1.54, 1.807) is 0 Å². The van der Waals surface area contributed by atoms with Crippen LogP contribution in [0.5, 0.6) is 0 Å². The van der Waals surface area contributed by atoms with E-state index in [1.807, 2.05) is 12.4 Å². The van der Waals surface area contributed by atoms with Crippen LogP contribution < -0.4 is 31.1 Å². The molecule has 9 aromatic carbocycles. The quantitative estimate of drug-likeness (QED) is 0.148. The predicted molar refractivity (Wildman–Crippen MR) is 359 cm³/mol. The lowest BCUT2D eigenvalue weighted by molar-refractivity contribution is 0.195. The highest BCUT2D eigenvalue weighted by Crippen LogP contribution is 2.63. The standard InChI is InChI=1S/C79H77BN4/c1-75(2,3)58-34-39-67(62(46-58)53-26-17-13-18-27-53)82-70-45-56(52-24-15-12-16-25-52)31-36-65(70)80-66-37-33-60(77(7,8)9)48-71(66)83(68-40-35-59(76(4,5)6)47-63(68)54-28-19-14-20-29-54)73-50-61(49-72(82)74(73)80)84-69-38-32-55(57-30-23-43-81-51-57)44-64(69)78(10)41-21-22-42-79(78,84)11/h12-20,23-40,43-51H,21-22,41-42H2,1-11H3. The molecule has 1 saturated carbocycles. The zero-order valence-electron chi connectivity index (χ0n) is 51.0. The van der Waals surface area contributed by atoms with Crippen LogP contribution in [-0.2, 0) is 21.7 Å². The Balaban J connectivity index is 1.15. The molecule has 2 atom stereocenters. The molecule has 1 aromatic heterocycles. The second-order valence-corrected chi connectivity index (χ2v) is 28.0. The van der Waals surface area contributed by atoms with Gasteiger partial charge in [-0.2, -0.15) is 0 Å². The average molecular weight is 1090 g/mol. The number of pyridine rings is 1. The third-order valence-corrected chi connectivity index (χ3v) is 19.8. The number of hydrogen-bond acceptors (Lipinski definition) is 4. The van der Waals surface area contributed by atoms with Crippen molar-refractivity contribution in [1.29, 1.82) is 0 Å². The number of fused-ring (bicyclic) bond motifs is 7. The van der Waals surface area contributed by atoms with E-state index in [4.69, 9.17) is 0 Å². The summed E-state index contributed by atoms with van der Waals surface area (Å²) in [5.74, 6) is 0. The fourth-order valence-corrected chi connectivity index (χ4v) is 14.8. The molecular formula is C79H77BN4. The van der Waals surface area contributed by atoms with E-state index in [-0.39, 0.29) is 33.9 Å². The summed E-state index contributed by atoms with van der Waals surface area (Å²) in [5, 5.41) is 0. The Labute approximate surface area is 500 Å². The molecule has 14 rings (SSSR count). The van der Waals surface area contributed by atoms with Crippen LogP contribution in [-0.4, -0.2) is 17.2 Å². The summed E-state index contributed by atoms with van der Waals surface area (Å²) in [6, 6.07) is 79.6. The van der Waals surface area contributed by atoms with Crippen molar-refractivity contribution in [1.82, 2.24) is 4.98 Å². The zero-order valence-corrected chi connectivity index (χ0v) is 51.0. The Bertz CT molecular complexity index is 4190. The van der Waals surface area contributed by atoms with Gasteiger partial charge in [-0.25, -0.2) is 0 Å². The summed E-state index contributed by atoms with van der Waals surface area (Å²) in [6.45, 7) is 26.2. The van der Waals surface area contributed by atoms with E-state index in [9.17, 15) is 0 Å². The Morgan fingerprint density at radius 2 is 0.857 bits per heavy atom. The monoisotopic (exact) mass is 1090 g/mol. The van der Waals surface area contributed by atoms with Crippen molar-refractivity contribution >= 4 is 68.6 Å². The molecule has 0 N–H and O–H groups in total. The van der Waals surface area contributed by atoms with Gasteiger partial charge >= 0.3 is 0 Å². The molecule has 5 heteroatoms. The molecule has 0 saturated heterocycles. The van der Waals surface area contributed by atoms with Crippen molar-refractivity contribution in [2.75, 3.05) is 14.7 Å². The van der Waals surface area contributed by atoms with E-state index in [0.717, 1.165) is 24.1 Å². The normalized spacial score (nSPS) is 18.0. The molecule has 2 unspecified atom stereocenters. The second kappa shape index (κ2) is 19.6. The highest BCUT2D eigenvalue weighted by Gasteiger charge is 2.58. The van der Waals surface area contributed by atoms with Crippen LogP contribution in [0.15, 0.2) is 219 Å². The van der Waals surface area contributed by atoms with Gasteiger partial charge in [0.2, 0.25) is 0 Å². The Hall–Kier alpha value is -8.41. The molecule has 1 aliphatic carbocycles. The summed E-state index contributed by atoms with van der Waals surface area (Å²) >= 11 is 0. The molecule has 0 spiro atoms. The third-order valence-electron chi connectivity index (χ3n) is 19.8. The average Bonchev–Trinajstić information content (AvgIpc) is 1.44. The highest BCUT2D eigenvalue weighted by molar-refractivity contribution is 7.00. The molecule has 84 heavy (non-hydrogen) atoms. The molecule has 10 aromatic rings. The van der Waals surface area contributed by atoms with Gasteiger partial charge < -0.3 is 14.7 Å². The summed E-state index contributed by atoms with van der Waals surface area (Å²) in [5.41, 5.74) is 27.9. The fourth-order valence-electron chi connectivity index (χ4n) is 14.8. The minimum Gasteiger partial charge on any atom is -0.334 e. The molecule has 0 bridgehead atoms. The van der Waals surface area contributed by atoms with Gasteiger partial charge in [0, 0.05) is 63.1 Å². The third kappa shape index (κ3) is 8.58. The summed E-state index contributed by atoms with van der Waals surface area (Å²) in [7, 11) is 0. The smallest absolute Gasteiger partial charge is 0.252 e. The Morgan fingerprint density at radius 1 is 0.393 bits per heavy atom. The molecule has 4 aliphatic rings. The molecule has 4 nitrogen and oxygen atoms in total. The first-order chi connectivity index (χ1) is 40.3. The Kier molecular flexibility index (Phi) is 12.5. The van der Waals surface area contributed by atoms with Crippen LogP contribution in [0.25, 0.3) is 44.5 Å². The van der Waals surface area contributed by atoms with Crippen molar-refractivity contribution in [3.63, 3.8) is 0 Å². The van der Waals surface area contributed by atoms with Gasteiger partial charge in [-0.3, -0.25) is 4.98 Å². The van der Waals surface area contributed by atoms with E-state index in [0.29, 0.717) is 0 Å². The van der Waals surface area contributed by atoms with Gasteiger partial charge in [0.25, 0.3) is 6.71 Å². The van der Waals surface area contributed by atoms with Gasteiger partial charge in [-0.05, 0) is 175 Å². The minimum atomic E-state index is -0.247. The Morgan fingerprint density at radius 3 is 1.40 bits per heavy atom. The van der Waals surface area contributed by atoms with Crippen molar-refractivity contribution in [2.45, 2.75) is 129 Å². The van der Waals surface area contributed by atoms with Crippen LogP contribution in [0.1, 0.15) is 124 Å². The maximum atomic E-state index is 4.60. The van der Waals surface area contributed by atoms with Crippen LogP contribution in [0.2, 0.25) is 0 Å². The maximum absolute atomic E-state index is 4.60. The van der Waals surface area contributed by atoms with Crippen LogP contribution in [0, 0.1) is 0 Å². The second-order valence-electron chi connectivity index (χ2n) is 28.0. The van der Waals surface area contributed by atoms with Gasteiger partial charge in [-0.15, -0.1) is 0 Å². The number of hydrogen-bond donors (Lipinski definition) is 0. The van der Waals surface area contributed by atoms with E-state index in [2.05, 4.69) is 302 Å². The summed E-state index contributed by atoms with van der Waals surface area (Å²) in [6.07, 6.45) is 8.45. The largest absolute Gasteiger partial charge is 0.334 e. The maximum Gasteiger partial charge on any atom is 0.252 e. The molecule has 416 valence electrons. The zero-order chi connectivity index (χ0) is 58.1. The minimum absolute atomic E-state index is 0.0740. The number of rotatable bonds is 7. The summed E-state index contributed by atoms with van der Waals surface area (Å²) < 4.78 is 0. The SMILES string of the molecule is CC(C)(C)c1ccc(N2c3cc(-c4ccccc4)ccc3B3c4ccc(C(C)(C)C)cc4N(c4ccc(C(C)(C)C)cc4-c4ccccc4)c4cc(N5c6ccc(-c7cccnc7)cc6C6(C)CCCCC56C)cc2c43)c(-c2ccccc2)c1. The van der Waals surface area contributed by atoms with Crippen molar-refractivity contribution < 1.29 is 0 Å². The molecular weight excluding hydrogens is 1020 g/mol. The van der Waals surface area contributed by atoms with Gasteiger partial charge in [-0.1, -0.05) is 222 Å². The number of aromatic nitrogens is 1. The van der Waals surface area contributed by atoms with E-state index < -0.39 is 0 Å². The molecule has 0 amide bonds. The van der Waals surface area contributed by atoms with E-state index >= 15 is 0 Å². The topological polar surface area (TPSA) is 22.6 Å². The number of benzene rings is 9. The lowest BCUT2D eigenvalue weighted by Gasteiger charge is -2.51. The lowest BCUT2D eigenvalue weighted by Crippen LogP contribution is -2.61. The number of anilines is 8. The first-order valence-corrected chi connectivity index (χ1v) is 30.7. The molecule has 1 fully saturated rings. The molecule has 3 aliphatic heterocycles. The van der Waals surface area contributed by atoms with Crippen molar-refractivity contribution in [2.24, 2.45) is 0 Å². The number of nitrogens with zero attached hydrogens (tertiary/aromatic N) is 4. The van der Waals surface area contributed by atoms with Gasteiger partial charge in [0.15, 0.2) is 0 Å². The lowest BCUT2D eigenvalue weighted by atomic mass is 9.33. The van der Waals surface area contributed by atoms with Crippen molar-refractivity contribution in [3.05, 3.63) is 241 Å². The van der Waals surface area contributed by atoms with Gasteiger partial charge in [0.1, 0.15) is 0 Å². The van der Waals surface area contributed by atoms with Gasteiger partial charge in [0.05, 0.1) is 16.9 Å². The summed E-state index contributed by atoms with van der Waals surface area (Å²) in [4.78, 5) is 12.8. The van der Waals surface area contributed by atoms with Crippen LogP contribution >= 0.6 is 0 Å². The fraction of sp³-hybridized carbons (Fsp3) is 0.253. The molecule has 4 heterocycles.